The van der Waals surface area contributed by atoms with Crippen LogP contribution in [0.15, 0.2) is 34.6 Å². The lowest BCUT2D eigenvalue weighted by Gasteiger charge is -2.11. The number of thiazole rings is 1. The van der Waals surface area contributed by atoms with Gasteiger partial charge in [-0.2, -0.15) is 11.8 Å². The molecule has 0 radical (unpaired) electrons. The van der Waals surface area contributed by atoms with Crippen molar-refractivity contribution in [3.8, 4) is 0 Å². The van der Waals surface area contributed by atoms with E-state index in [4.69, 9.17) is 0 Å². The molecule has 1 aromatic heterocycles. The Morgan fingerprint density at radius 3 is 2.52 bits per heavy atom. The van der Waals surface area contributed by atoms with E-state index in [1.165, 1.54) is 11.1 Å². The van der Waals surface area contributed by atoms with E-state index in [2.05, 4.69) is 57.2 Å². The minimum Gasteiger partial charge on any atom is -0.356 e. The number of halogens is 1. The number of benzene rings is 1. The van der Waals surface area contributed by atoms with Gasteiger partial charge in [0.15, 0.2) is 5.96 Å². The van der Waals surface area contributed by atoms with Crippen LogP contribution in [-0.2, 0) is 12.2 Å². The summed E-state index contributed by atoms with van der Waals surface area (Å²) in [5.74, 6) is 2.97. The smallest absolute Gasteiger partial charge is 0.191 e. The summed E-state index contributed by atoms with van der Waals surface area (Å²) >= 11 is 3.63. The molecule has 0 atom stereocenters. The van der Waals surface area contributed by atoms with Crippen LogP contribution in [0.3, 0.4) is 0 Å². The molecule has 4 nitrogen and oxygen atoms in total. The van der Waals surface area contributed by atoms with Crippen molar-refractivity contribution in [1.29, 1.82) is 0 Å². The van der Waals surface area contributed by atoms with Gasteiger partial charge < -0.3 is 10.6 Å². The first-order valence-corrected chi connectivity index (χ1v) is 10.2. The zero-order valence-corrected chi connectivity index (χ0v) is 19.0. The van der Waals surface area contributed by atoms with Crippen LogP contribution < -0.4 is 10.6 Å². The van der Waals surface area contributed by atoms with Crippen LogP contribution in [-0.4, -0.2) is 36.8 Å². The maximum absolute atomic E-state index is 4.47. The fraction of sp³-hybridized carbons (Fsp3) is 0.444. The molecule has 1 heterocycles. The van der Waals surface area contributed by atoms with Gasteiger partial charge in [-0.1, -0.05) is 29.8 Å². The Hall–Kier alpha value is -0.800. The Kier molecular flexibility index (Phi) is 11.2. The number of rotatable bonds is 8. The molecule has 25 heavy (non-hydrogen) atoms. The van der Waals surface area contributed by atoms with E-state index in [0.29, 0.717) is 0 Å². The number of hydrogen-bond donors (Lipinski definition) is 2. The lowest BCUT2D eigenvalue weighted by molar-refractivity contribution is 0.800. The van der Waals surface area contributed by atoms with Crippen LogP contribution in [0.1, 0.15) is 21.8 Å². The number of nitrogens with one attached hydrogen (secondary N) is 2. The molecular weight excluding hydrogens is 463 g/mol. The maximum atomic E-state index is 4.47. The van der Waals surface area contributed by atoms with Crippen molar-refractivity contribution in [3.63, 3.8) is 0 Å². The molecule has 2 aromatic rings. The molecule has 0 aliphatic carbocycles. The monoisotopic (exact) mass is 490 g/mol. The SMILES string of the molecule is CN=C(NCCSCc1ccc(C)cc1)NCCc1csc(C)n1.I. The van der Waals surface area contributed by atoms with E-state index in [1.54, 1.807) is 11.3 Å². The summed E-state index contributed by atoms with van der Waals surface area (Å²) in [5.41, 5.74) is 3.84. The third-order valence-corrected chi connectivity index (χ3v) is 5.34. The van der Waals surface area contributed by atoms with Crippen molar-refractivity contribution in [2.75, 3.05) is 25.9 Å². The number of aromatic nitrogens is 1. The van der Waals surface area contributed by atoms with Gasteiger partial charge in [-0.3, -0.25) is 4.99 Å². The second-order valence-corrected chi connectivity index (χ2v) is 7.74. The summed E-state index contributed by atoms with van der Waals surface area (Å²) in [5, 5.41) is 9.94. The van der Waals surface area contributed by atoms with Crippen molar-refractivity contribution < 1.29 is 0 Å². The Bertz CT molecular complexity index is 641. The molecule has 2 rings (SSSR count). The highest BCUT2D eigenvalue weighted by molar-refractivity contribution is 14.0. The third-order valence-electron chi connectivity index (χ3n) is 3.49. The van der Waals surface area contributed by atoms with Gasteiger partial charge in [0.2, 0.25) is 0 Å². The number of thioether (sulfide) groups is 1. The van der Waals surface area contributed by atoms with E-state index in [9.17, 15) is 0 Å². The van der Waals surface area contributed by atoms with E-state index in [0.717, 1.165) is 47.7 Å². The molecule has 7 heteroatoms. The lowest BCUT2D eigenvalue weighted by Crippen LogP contribution is -2.39. The molecule has 0 saturated heterocycles. The summed E-state index contributed by atoms with van der Waals surface area (Å²) in [6.45, 7) is 5.91. The first-order valence-electron chi connectivity index (χ1n) is 8.16. The van der Waals surface area contributed by atoms with Crippen molar-refractivity contribution in [3.05, 3.63) is 51.5 Å². The molecule has 0 amide bonds. The average Bonchev–Trinajstić information content (AvgIpc) is 3.00. The Morgan fingerprint density at radius 2 is 1.88 bits per heavy atom. The van der Waals surface area contributed by atoms with E-state index < -0.39 is 0 Å². The van der Waals surface area contributed by atoms with E-state index in [-0.39, 0.29) is 24.0 Å². The summed E-state index contributed by atoms with van der Waals surface area (Å²) in [7, 11) is 1.81. The first kappa shape index (κ1) is 22.2. The molecule has 0 aliphatic rings. The van der Waals surface area contributed by atoms with Crippen LogP contribution in [0, 0.1) is 13.8 Å². The Labute approximate surface area is 176 Å². The molecule has 138 valence electrons. The molecule has 0 saturated carbocycles. The second kappa shape index (κ2) is 12.5. The van der Waals surface area contributed by atoms with Crippen LogP contribution >= 0.6 is 47.1 Å². The van der Waals surface area contributed by atoms with Crippen LogP contribution in [0.2, 0.25) is 0 Å². The minimum absolute atomic E-state index is 0. The normalized spacial score (nSPS) is 11.1. The highest BCUT2D eigenvalue weighted by Crippen LogP contribution is 2.12. The summed E-state index contributed by atoms with van der Waals surface area (Å²) in [6, 6.07) is 8.75. The largest absolute Gasteiger partial charge is 0.356 e. The lowest BCUT2D eigenvalue weighted by atomic mass is 10.2. The Balaban J connectivity index is 0.00000312. The van der Waals surface area contributed by atoms with Crippen molar-refractivity contribution in [2.24, 2.45) is 4.99 Å². The van der Waals surface area contributed by atoms with Gasteiger partial charge in [0.05, 0.1) is 10.7 Å². The van der Waals surface area contributed by atoms with Gasteiger partial charge in [0, 0.05) is 43.4 Å². The summed E-state index contributed by atoms with van der Waals surface area (Å²) in [6.07, 6.45) is 0.924. The standard InChI is InChI=1S/C18H26N4S2.HI/c1-14-4-6-16(7-5-14)12-23-11-10-21-18(19-3)20-9-8-17-13-24-15(2)22-17;/h4-7,13H,8-12H2,1-3H3,(H2,19,20,21);1H. The fourth-order valence-electron chi connectivity index (χ4n) is 2.17. The topological polar surface area (TPSA) is 49.3 Å². The van der Waals surface area contributed by atoms with Gasteiger partial charge in [-0.15, -0.1) is 35.3 Å². The average molecular weight is 490 g/mol. The van der Waals surface area contributed by atoms with Crippen molar-refractivity contribution >= 4 is 53.0 Å². The summed E-state index contributed by atoms with van der Waals surface area (Å²) < 4.78 is 0. The predicted octanol–water partition coefficient (Wildman–Crippen LogP) is 4.02. The van der Waals surface area contributed by atoms with Crippen molar-refractivity contribution in [1.82, 2.24) is 15.6 Å². The first-order chi connectivity index (χ1) is 11.7. The third kappa shape index (κ3) is 8.91. The van der Waals surface area contributed by atoms with E-state index in [1.807, 2.05) is 25.7 Å². The molecule has 0 fully saturated rings. The summed E-state index contributed by atoms with van der Waals surface area (Å²) in [4.78, 5) is 8.73. The second-order valence-electron chi connectivity index (χ2n) is 5.57. The maximum Gasteiger partial charge on any atom is 0.191 e. The number of hydrogen-bond acceptors (Lipinski definition) is 4. The number of aliphatic imine (C=N–C) groups is 1. The predicted molar refractivity (Wildman–Crippen MR) is 123 cm³/mol. The highest BCUT2D eigenvalue weighted by atomic mass is 127. The number of aryl methyl sites for hydroxylation is 2. The highest BCUT2D eigenvalue weighted by Gasteiger charge is 2.00. The van der Waals surface area contributed by atoms with Crippen LogP contribution in [0.25, 0.3) is 0 Å². The zero-order chi connectivity index (χ0) is 17.2. The van der Waals surface area contributed by atoms with Gasteiger partial charge in [0.25, 0.3) is 0 Å². The molecule has 0 aliphatic heterocycles. The molecule has 0 spiro atoms. The van der Waals surface area contributed by atoms with Gasteiger partial charge in [0.1, 0.15) is 0 Å². The van der Waals surface area contributed by atoms with Gasteiger partial charge in [-0.25, -0.2) is 4.98 Å². The molecule has 0 unspecified atom stereocenters. The van der Waals surface area contributed by atoms with Crippen LogP contribution in [0.4, 0.5) is 0 Å². The van der Waals surface area contributed by atoms with Gasteiger partial charge >= 0.3 is 0 Å². The molecule has 1 aromatic carbocycles. The number of guanidine groups is 1. The number of nitrogens with zero attached hydrogens (tertiary/aromatic N) is 2. The van der Waals surface area contributed by atoms with Crippen molar-refractivity contribution in [2.45, 2.75) is 26.0 Å². The van der Waals surface area contributed by atoms with Gasteiger partial charge in [-0.05, 0) is 19.4 Å². The quantitative estimate of drug-likeness (QED) is 0.254. The van der Waals surface area contributed by atoms with Crippen LogP contribution in [0.5, 0.6) is 0 Å². The van der Waals surface area contributed by atoms with E-state index >= 15 is 0 Å². The Morgan fingerprint density at radius 1 is 1.16 bits per heavy atom. The molecule has 2 N–H and O–H groups in total. The zero-order valence-electron chi connectivity index (χ0n) is 15.0. The minimum atomic E-state index is 0. The molecule has 0 bridgehead atoms. The molecular formula is C18H27IN4S2. The fourth-order valence-corrected chi connectivity index (χ4v) is 3.63.